The molecule has 0 aromatic carbocycles. The summed E-state index contributed by atoms with van der Waals surface area (Å²) in [5.41, 5.74) is 3.78. The van der Waals surface area contributed by atoms with Crippen molar-refractivity contribution >= 4 is 11.6 Å². The molecule has 1 heterocycles. The fraction of sp³-hybridized carbons (Fsp3) is 0.545. The summed E-state index contributed by atoms with van der Waals surface area (Å²) in [6.07, 6.45) is 5.05. The van der Waals surface area contributed by atoms with Gasteiger partial charge >= 0.3 is 0 Å². The van der Waals surface area contributed by atoms with Crippen LogP contribution in [0.25, 0.3) is 0 Å². The normalized spacial score (nSPS) is 11.4. The smallest absolute Gasteiger partial charge is 0.0628 e. The van der Waals surface area contributed by atoms with Gasteiger partial charge in [-0.05, 0) is 25.8 Å². The van der Waals surface area contributed by atoms with Gasteiger partial charge in [0.25, 0.3) is 0 Å². The Balaban J connectivity index is 2.83. The molecular weight excluding hydrogens is 196 g/mol. The molecule has 0 radical (unpaired) electrons. The molecule has 0 aliphatic rings. The standard InChI is InChI=1S/C11H17ClN2/c1-4-11-9(2)13-14(10(11)3)8-6-5-7-12/h5-6H,4,7-8H2,1-3H3. The number of hydrogen-bond donors (Lipinski definition) is 0. The van der Waals surface area contributed by atoms with E-state index in [1.54, 1.807) is 0 Å². The Hall–Kier alpha value is -0.760. The maximum Gasteiger partial charge on any atom is 0.0628 e. The van der Waals surface area contributed by atoms with Gasteiger partial charge in [0.15, 0.2) is 0 Å². The molecule has 1 aromatic heterocycles. The largest absolute Gasteiger partial charge is 0.266 e. The van der Waals surface area contributed by atoms with E-state index in [0.717, 1.165) is 18.7 Å². The summed E-state index contributed by atoms with van der Waals surface area (Å²) in [6.45, 7) is 7.16. The van der Waals surface area contributed by atoms with Crippen molar-refractivity contribution in [2.75, 3.05) is 5.88 Å². The fourth-order valence-electron chi connectivity index (χ4n) is 1.66. The van der Waals surface area contributed by atoms with Crippen LogP contribution in [-0.4, -0.2) is 15.7 Å². The molecule has 0 spiro atoms. The highest BCUT2D eigenvalue weighted by atomic mass is 35.5. The van der Waals surface area contributed by atoms with E-state index in [0.29, 0.717) is 5.88 Å². The van der Waals surface area contributed by atoms with Crippen molar-refractivity contribution in [3.05, 3.63) is 29.1 Å². The molecule has 0 aliphatic heterocycles. The minimum Gasteiger partial charge on any atom is -0.266 e. The Morgan fingerprint density at radius 2 is 2.07 bits per heavy atom. The van der Waals surface area contributed by atoms with Crippen LogP contribution in [0.1, 0.15) is 23.9 Å². The molecule has 2 nitrogen and oxygen atoms in total. The van der Waals surface area contributed by atoms with Crippen LogP contribution in [0.15, 0.2) is 12.2 Å². The number of rotatable bonds is 4. The van der Waals surface area contributed by atoms with Gasteiger partial charge in [-0.1, -0.05) is 19.1 Å². The zero-order chi connectivity index (χ0) is 10.6. The lowest BCUT2D eigenvalue weighted by molar-refractivity contribution is 0.671. The molecule has 1 aromatic rings. The summed E-state index contributed by atoms with van der Waals surface area (Å²) in [5.74, 6) is 0.569. The first-order valence-electron chi connectivity index (χ1n) is 4.94. The molecule has 0 atom stereocenters. The van der Waals surface area contributed by atoms with Crippen LogP contribution in [-0.2, 0) is 13.0 Å². The average molecular weight is 213 g/mol. The highest BCUT2D eigenvalue weighted by Crippen LogP contribution is 2.13. The van der Waals surface area contributed by atoms with Crippen molar-refractivity contribution in [2.45, 2.75) is 33.7 Å². The summed E-state index contributed by atoms with van der Waals surface area (Å²) in [6, 6.07) is 0. The molecule has 0 N–H and O–H groups in total. The zero-order valence-corrected chi connectivity index (χ0v) is 9.80. The van der Waals surface area contributed by atoms with Crippen molar-refractivity contribution in [1.82, 2.24) is 9.78 Å². The van der Waals surface area contributed by atoms with Crippen LogP contribution < -0.4 is 0 Å². The van der Waals surface area contributed by atoms with E-state index >= 15 is 0 Å². The van der Waals surface area contributed by atoms with E-state index in [2.05, 4.69) is 25.9 Å². The lowest BCUT2D eigenvalue weighted by Crippen LogP contribution is -2.00. The van der Waals surface area contributed by atoms with Gasteiger partial charge < -0.3 is 0 Å². The van der Waals surface area contributed by atoms with Crippen molar-refractivity contribution in [2.24, 2.45) is 0 Å². The molecule has 14 heavy (non-hydrogen) atoms. The summed E-state index contributed by atoms with van der Waals surface area (Å²) in [4.78, 5) is 0. The van der Waals surface area contributed by atoms with Gasteiger partial charge in [0.05, 0.1) is 12.2 Å². The van der Waals surface area contributed by atoms with Gasteiger partial charge in [-0.15, -0.1) is 11.6 Å². The number of aryl methyl sites for hydroxylation is 1. The molecule has 1 rings (SSSR count). The molecule has 0 aliphatic carbocycles. The Bertz CT molecular complexity index is 326. The molecule has 78 valence electrons. The molecule has 0 fully saturated rings. The molecule has 3 heteroatoms. The number of aromatic nitrogens is 2. The van der Waals surface area contributed by atoms with Crippen LogP contribution in [0.2, 0.25) is 0 Å². The average Bonchev–Trinajstić information content (AvgIpc) is 2.42. The lowest BCUT2D eigenvalue weighted by atomic mass is 10.1. The van der Waals surface area contributed by atoms with Gasteiger partial charge in [0.1, 0.15) is 0 Å². The van der Waals surface area contributed by atoms with Gasteiger partial charge in [-0.2, -0.15) is 5.10 Å². The summed E-state index contributed by atoms with van der Waals surface area (Å²) in [7, 11) is 0. The monoisotopic (exact) mass is 212 g/mol. The summed E-state index contributed by atoms with van der Waals surface area (Å²) < 4.78 is 2.03. The van der Waals surface area contributed by atoms with Crippen LogP contribution in [0.4, 0.5) is 0 Å². The quantitative estimate of drug-likeness (QED) is 0.555. The van der Waals surface area contributed by atoms with Crippen LogP contribution >= 0.6 is 11.6 Å². The van der Waals surface area contributed by atoms with E-state index in [-0.39, 0.29) is 0 Å². The Morgan fingerprint density at radius 1 is 1.36 bits per heavy atom. The van der Waals surface area contributed by atoms with Crippen LogP contribution in [0, 0.1) is 13.8 Å². The maximum atomic E-state index is 5.55. The zero-order valence-electron chi connectivity index (χ0n) is 9.05. The third-order valence-corrected chi connectivity index (χ3v) is 2.60. The van der Waals surface area contributed by atoms with Gasteiger partial charge in [0.2, 0.25) is 0 Å². The van der Waals surface area contributed by atoms with Crippen molar-refractivity contribution in [1.29, 1.82) is 0 Å². The second-order valence-electron chi connectivity index (χ2n) is 3.31. The molecule has 0 saturated heterocycles. The number of hydrogen-bond acceptors (Lipinski definition) is 1. The molecule has 0 amide bonds. The topological polar surface area (TPSA) is 17.8 Å². The van der Waals surface area contributed by atoms with Crippen LogP contribution in [0.3, 0.4) is 0 Å². The first-order valence-corrected chi connectivity index (χ1v) is 5.48. The molecule has 0 bridgehead atoms. The second kappa shape index (κ2) is 5.20. The van der Waals surface area contributed by atoms with E-state index in [1.165, 1.54) is 11.3 Å². The first kappa shape index (κ1) is 11.3. The highest BCUT2D eigenvalue weighted by Gasteiger charge is 2.07. The third kappa shape index (κ3) is 2.38. The third-order valence-electron chi connectivity index (χ3n) is 2.42. The van der Waals surface area contributed by atoms with Crippen LogP contribution in [0.5, 0.6) is 0 Å². The number of allylic oxidation sites excluding steroid dienone is 2. The van der Waals surface area contributed by atoms with E-state index in [1.807, 2.05) is 16.8 Å². The fourth-order valence-corrected chi connectivity index (χ4v) is 1.79. The number of halogens is 1. The predicted octanol–water partition coefficient (Wildman–Crippen LogP) is 2.86. The van der Waals surface area contributed by atoms with Gasteiger partial charge in [-0.3, -0.25) is 4.68 Å². The second-order valence-corrected chi connectivity index (χ2v) is 3.62. The van der Waals surface area contributed by atoms with Gasteiger partial charge in [-0.25, -0.2) is 0 Å². The van der Waals surface area contributed by atoms with Crippen molar-refractivity contribution < 1.29 is 0 Å². The van der Waals surface area contributed by atoms with E-state index in [9.17, 15) is 0 Å². The lowest BCUT2D eigenvalue weighted by Gasteiger charge is -2.00. The first-order chi connectivity index (χ1) is 6.70. The Labute approximate surface area is 90.6 Å². The van der Waals surface area contributed by atoms with Gasteiger partial charge in [0, 0.05) is 11.6 Å². The summed E-state index contributed by atoms with van der Waals surface area (Å²) in [5, 5.41) is 4.48. The maximum absolute atomic E-state index is 5.55. The Morgan fingerprint density at radius 3 is 2.57 bits per heavy atom. The predicted molar refractivity (Wildman–Crippen MR) is 60.9 cm³/mol. The van der Waals surface area contributed by atoms with Crippen molar-refractivity contribution in [3.8, 4) is 0 Å². The van der Waals surface area contributed by atoms with E-state index in [4.69, 9.17) is 11.6 Å². The minimum atomic E-state index is 0.569. The van der Waals surface area contributed by atoms with E-state index < -0.39 is 0 Å². The number of alkyl halides is 1. The highest BCUT2D eigenvalue weighted by molar-refractivity contribution is 6.18. The summed E-state index contributed by atoms with van der Waals surface area (Å²) >= 11 is 5.55. The molecular formula is C11H17ClN2. The molecule has 0 unspecified atom stereocenters. The number of nitrogens with zero attached hydrogens (tertiary/aromatic N) is 2. The SMILES string of the molecule is CCc1c(C)nn(CC=CCCl)c1C. The van der Waals surface area contributed by atoms with Crippen molar-refractivity contribution in [3.63, 3.8) is 0 Å². The Kier molecular flexibility index (Phi) is 4.21. The molecule has 0 saturated carbocycles. The minimum absolute atomic E-state index is 0.569.